The predicted octanol–water partition coefficient (Wildman–Crippen LogP) is 3.62. The lowest BCUT2D eigenvalue weighted by Crippen LogP contribution is -2.49. The Balaban J connectivity index is 2.20. The zero-order valence-corrected chi connectivity index (χ0v) is 12.4. The zero-order valence-electron chi connectivity index (χ0n) is 12.4. The molecule has 2 heteroatoms. The maximum Gasteiger partial charge on any atom is 0.0626 e. The van der Waals surface area contributed by atoms with Crippen molar-refractivity contribution in [3.8, 4) is 0 Å². The summed E-state index contributed by atoms with van der Waals surface area (Å²) in [6.45, 7) is 4.60. The molecule has 2 aromatic rings. The SMILES string of the molecule is CN1C(c2ccccc2N)c2ccccc2CC1(C)C. The average Bonchev–Trinajstić information content (AvgIpc) is 2.41. The largest absolute Gasteiger partial charge is 0.398 e. The predicted molar refractivity (Wildman–Crippen MR) is 84.7 cm³/mol. The van der Waals surface area contributed by atoms with Crippen LogP contribution >= 0.6 is 0 Å². The number of anilines is 1. The molecule has 0 aromatic heterocycles. The van der Waals surface area contributed by atoms with Crippen molar-refractivity contribution in [2.75, 3.05) is 12.8 Å². The Kier molecular flexibility index (Phi) is 3.06. The van der Waals surface area contributed by atoms with Gasteiger partial charge in [0.25, 0.3) is 0 Å². The molecule has 1 unspecified atom stereocenters. The molecule has 1 aliphatic heterocycles. The van der Waals surface area contributed by atoms with Gasteiger partial charge in [-0.3, -0.25) is 4.90 Å². The molecule has 2 nitrogen and oxygen atoms in total. The van der Waals surface area contributed by atoms with Crippen LogP contribution < -0.4 is 5.73 Å². The first-order valence-electron chi connectivity index (χ1n) is 7.16. The number of para-hydroxylation sites is 1. The smallest absolute Gasteiger partial charge is 0.0626 e. The van der Waals surface area contributed by atoms with Gasteiger partial charge in [0.1, 0.15) is 0 Å². The standard InChI is InChI=1S/C18H22N2/c1-18(2)12-13-8-4-5-9-14(13)17(20(18)3)15-10-6-7-11-16(15)19/h4-11,17H,12,19H2,1-3H3. The van der Waals surface area contributed by atoms with E-state index in [0.29, 0.717) is 0 Å². The summed E-state index contributed by atoms with van der Waals surface area (Å²) in [6, 6.07) is 17.2. The van der Waals surface area contributed by atoms with Gasteiger partial charge in [-0.05, 0) is 50.1 Å². The Morgan fingerprint density at radius 1 is 1.00 bits per heavy atom. The summed E-state index contributed by atoms with van der Waals surface area (Å²) in [5, 5.41) is 0. The van der Waals surface area contributed by atoms with Crippen LogP contribution in [0.15, 0.2) is 48.5 Å². The second-order valence-corrected chi connectivity index (χ2v) is 6.33. The van der Waals surface area contributed by atoms with Gasteiger partial charge < -0.3 is 5.73 Å². The molecule has 0 bridgehead atoms. The summed E-state index contributed by atoms with van der Waals surface area (Å²) < 4.78 is 0. The van der Waals surface area contributed by atoms with E-state index in [0.717, 1.165) is 12.1 Å². The van der Waals surface area contributed by atoms with Gasteiger partial charge in [-0.25, -0.2) is 0 Å². The number of benzene rings is 2. The highest BCUT2D eigenvalue weighted by atomic mass is 15.2. The number of likely N-dealkylation sites (N-methyl/N-ethyl adjacent to an activating group) is 1. The van der Waals surface area contributed by atoms with Gasteiger partial charge in [-0.2, -0.15) is 0 Å². The molecule has 1 aliphatic rings. The van der Waals surface area contributed by atoms with Gasteiger partial charge in [0, 0.05) is 11.2 Å². The van der Waals surface area contributed by atoms with E-state index in [1.807, 2.05) is 12.1 Å². The Bertz CT molecular complexity index is 631. The fourth-order valence-electron chi connectivity index (χ4n) is 3.25. The molecule has 1 heterocycles. The van der Waals surface area contributed by atoms with Gasteiger partial charge in [0.05, 0.1) is 6.04 Å². The van der Waals surface area contributed by atoms with Crippen LogP contribution in [0, 0.1) is 0 Å². The number of nitrogens with two attached hydrogens (primary N) is 1. The van der Waals surface area contributed by atoms with Crippen LogP contribution in [-0.2, 0) is 6.42 Å². The van der Waals surface area contributed by atoms with Gasteiger partial charge in [-0.1, -0.05) is 42.5 Å². The number of hydrogen-bond acceptors (Lipinski definition) is 2. The lowest BCUT2D eigenvalue weighted by molar-refractivity contribution is 0.105. The van der Waals surface area contributed by atoms with E-state index in [2.05, 4.69) is 62.2 Å². The zero-order chi connectivity index (χ0) is 14.3. The van der Waals surface area contributed by atoms with Crippen molar-refractivity contribution in [1.82, 2.24) is 4.90 Å². The molecule has 0 saturated carbocycles. The first-order chi connectivity index (χ1) is 9.50. The molecule has 0 aliphatic carbocycles. The minimum absolute atomic E-state index is 0.126. The van der Waals surface area contributed by atoms with Crippen LogP contribution in [0.2, 0.25) is 0 Å². The van der Waals surface area contributed by atoms with Crippen molar-refractivity contribution in [1.29, 1.82) is 0 Å². The minimum Gasteiger partial charge on any atom is -0.398 e. The van der Waals surface area contributed by atoms with E-state index in [1.54, 1.807) is 0 Å². The highest BCUT2D eigenvalue weighted by Crippen LogP contribution is 2.42. The van der Waals surface area contributed by atoms with Crippen molar-refractivity contribution >= 4 is 5.69 Å². The Hall–Kier alpha value is -1.80. The molecule has 20 heavy (non-hydrogen) atoms. The number of fused-ring (bicyclic) bond motifs is 1. The fraction of sp³-hybridized carbons (Fsp3) is 0.333. The highest BCUT2D eigenvalue weighted by Gasteiger charge is 2.38. The number of hydrogen-bond donors (Lipinski definition) is 1. The Morgan fingerprint density at radius 3 is 2.30 bits per heavy atom. The molecule has 0 spiro atoms. The number of nitrogens with zero attached hydrogens (tertiary/aromatic N) is 1. The fourth-order valence-corrected chi connectivity index (χ4v) is 3.25. The second kappa shape index (κ2) is 4.64. The lowest BCUT2D eigenvalue weighted by Gasteiger charge is -2.47. The molecule has 0 fully saturated rings. The molecular weight excluding hydrogens is 244 g/mol. The quantitative estimate of drug-likeness (QED) is 0.799. The molecule has 2 N–H and O–H groups in total. The first kappa shape index (κ1) is 13.2. The Morgan fingerprint density at radius 2 is 1.60 bits per heavy atom. The number of nitrogen functional groups attached to an aromatic ring is 1. The van der Waals surface area contributed by atoms with Crippen molar-refractivity contribution in [3.63, 3.8) is 0 Å². The van der Waals surface area contributed by atoms with E-state index in [4.69, 9.17) is 5.73 Å². The van der Waals surface area contributed by atoms with Crippen LogP contribution in [0.25, 0.3) is 0 Å². The third kappa shape index (κ3) is 2.01. The van der Waals surface area contributed by atoms with Crippen LogP contribution in [0.4, 0.5) is 5.69 Å². The summed E-state index contributed by atoms with van der Waals surface area (Å²) in [4.78, 5) is 2.45. The van der Waals surface area contributed by atoms with Crippen LogP contribution in [-0.4, -0.2) is 17.5 Å². The summed E-state index contributed by atoms with van der Waals surface area (Å²) in [6.07, 6.45) is 1.07. The van der Waals surface area contributed by atoms with Crippen LogP contribution in [0.5, 0.6) is 0 Å². The number of rotatable bonds is 1. The average molecular weight is 266 g/mol. The van der Waals surface area contributed by atoms with E-state index < -0.39 is 0 Å². The molecule has 1 atom stereocenters. The summed E-state index contributed by atoms with van der Waals surface area (Å²) >= 11 is 0. The topological polar surface area (TPSA) is 29.3 Å². The van der Waals surface area contributed by atoms with Crippen LogP contribution in [0.3, 0.4) is 0 Å². The second-order valence-electron chi connectivity index (χ2n) is 6.33. The van der Waals surface area contributed by atoms with Gasteiger partial charge in [0.15, 0.2) is 0 Å². The first-order valence-corrected chi connectivity index (χ1v) is 7.16. The highest BCUT2D eigenvalue weighted by molar-refractivity contribution is 5.53. The van der Waals surface area contributed by atoms with Crippen molar-refractivity contribution in [3.05, 3.63) is 65.2 Å². The maximum atomic E-state index is 6.23. The van der Waals surface area contributed by atoms with E-state index in [1.165, 1.54) is 16.7 Å². The Labute approximate surface area is 121 Å². The molecule has 3 rings (SSSR count). The van der Waals surface area contributed by atoms with Gasteiger partial charge in [0.2, 0.25) is 0 Å². The molecule has 104 valence electrons. The normalized spacial score (nSPS) is 21.4. The third-order valence-electron chi connectivity index (χ3n) is 4.61. The van der Waals surface area contributed by atoms with Crippen molar-refractivity contribution in [2.24, 2.45) is 0 Å². The molecular formula is C18H22N2. The molecule has 0 amide bonds. The minimum atomic E-state index is 0.126. The van der Waals surface area contributed by atoms with Crippen molar-refractivity contribution < 1.29 is 0 Å². The van der Waals surface area contributed by atoms with Crippen LogP contribution in [0.1, 0.15) is 36.6 Å². The maximum absolute atomic E-state index is 6.23. The lowest BCUT2D eigenvalue weighted by atomic mass is 9.79. The van der Waals surface area contributed by atoms with E-state index in [-0.39, 0.29) is 11.6 Å². The third-order valence-corrected chi connectivity index (χ3v) is 4.61. The molecule has 0 saturated heterocycles. The monoisotopic (exact) mass is 266 g/mol. The summed E-state index contributed by atoms with van der Waals surface area (Å²) in [7, 11) is 2.20. The van der Waals surface area contributed by atoms with Crippen molar-refractivity contribution in [2.45, 2.75) is 31.8 Å². The summed E-state index contributed by atoms with van der Waals surface area (Å²) in [5.74, 6) is 0. The van der Waals surface area contributed by atoms with Gasteiger partial charge >= 0.3 is 0 Å². The summed E-state index contributed by atoms with van der Waals surface area (Å²) in [5.41, 5.74) is 11.3. The molecule has 0 radical (unpaired) electrons. The van der Waals surface area contributed by atoms with E-state index >= 15 is 0 Å². The van der Waals surface area contributed by atoms with E-state index in [9.17, 15) is 0 Å². The van der Waals surface area contributed by atoms with Gasteiger partial charge in [-0.15, -0.1) is 0 Å². The molecule has 2 aromatic carbocycles.